The molecule has 146 valence electrons. The zero-order valence-corrected chi connectivity index (χ0v) is 18.8. The van der Waals surface area contributed by atoms with Gasteiger partial charge in [0.15, 0.2) is 0 Å². The topological polar surface area (TPSA) is 12.5 Å². The molecule has 0 unspecified atom stereocenters. The van der Waals surface area contributed by atoms with Crippen LogP contribution < -0.4 is 10.6 Å². The van der Waals surface area contributed by atoms with Crippen molar-refractivity contribution in [1.29, 1.82) is 0 Å². The molecule has 0 bridgehead atoms. The Morgan fingerprint density at radius 1 is 1.04 bits per heavy atom. The standard InChI is InChI=1S/C24H27BrNOP/c1-27-18-19-9-8-16-26(19)17-22-23(25)14-15-24(22)28(20-10-4-2-5-11-20)21-12-6-3-7-13-21/h2-7,10-14,19H,8-9,15-18H2,1H3/t19-/m0/s1. The minimum atomic E-state index is -0.521. The Morgan fingerprint density at radius 3 is 2.29 bits per heavy atom. The SMILES string of the molecule is COC[C@@H]1CCCN1CC1=C(P(c2ccccc2)c2ccccc2)CC=C1Br. The molecule has 0 amide bonds. The number of hydrogen-bond acceptors (Lipinski definition) is 2. The van der Waals surface area contributed by atoms with Crippen molar-refractivity contribution in [3.8, 4) is 0 Å². The lowest BCUT2D eigenvalue weighted by molar-refractivity contribution is 0.121. The summed E-state index contributed by atoms with van der Waals surface area (Å²) in [5, 5.41) is 4.45. The normalized spacial score (nSPS) is 20.2. The van der Waals surface area contributed by atoms with Crippen molar-refractivity contribution in [2.24, 2.45) is 0 Å². The van der Waals surface area contributed by atoms with Crippen LogP contribution in [0.2, 0.25) is 0 Å². The quantitative estimate of drug-likeness (QED) is 0.534. The maximum Gasteiger partial charge on any atom is 0.0618 e. The van der Waals surface area contributed by atoms with Gasteiger partial charge in [-0.3, -0.25) is 4.90 Å². The lowest BCUT2D eigenvalue weighted by atomic mass is 10.2. The lowest BCUT2D eigenvalue weighted by Gasteiger charge is -2.27. The molecule has 1 aliphatic carbocycles. The Kier molecular flexibility index (Phi) is 6.80. The van der Waals surface area contributed by atoms with Crippen LogP contribution in [0, 0.1) is 0 Å². The summed E-state index contributed by atoms with van der Waals surface area (Å²) in [7, 11) is 1.30. The average molecular weight is 456 g/mol. The van der Waals surface area contributed by atoms with Gasteiger partial charge in [-0.25, -0.2) is 0 Å². The minimum absolute atomic E-state index is 0.521. The van der Waals surface area contributed by atoms with Crippen LogP contribution in [0.3, 0.4) is 0 Å². The molecule has 0 spiro atoms. The van der Waals surface area contributed by atoms with Crippen LogP contribution >= 0.6 is 23.9 Å². The molecule has 1 saturated heterocycles. The number of halogens is 1. The van der Waals surface area contributed by atoms with Crippen molar-refractivity contribution in [2.45, 2.75) is 25.3 Å². The number of methoxy groups -OCH3 is 1. The molecule has 2 nitrogen and oxygen atoms in total. The van der Waals surface area contributed by atoms with Gasteiger partial charge in [-0.15, -0.1) is 0 Å². The second kappa shape index (κ2) is 9.50. The van der Waals surface area contributed by atoms with Gasteiger partial charge >= 0.3 is 0 Å². The third-order valence-electron chi connectivity index (χ3n) is 5.63. The summed E-state index contributed by atoms with van der Waals surface area (Å²) in [6, 6.07) is 22.6. The van der Waals surface area contributed by atoms with E-state index < -0.39 is 7.92 Å². The largest absolute Gasteiger partial charge is 0.383 e. The number of nitrogens with zero attached hydrogens (tertiary/aromatic N) is 1. The van der Waals surface area contributed by atoms with E-state index in [1.54, 1.807) is 5.31 Å². The molecule has 2 aromatic carbocycles. The first kappa shape index (κ1) is 20.0. The molecule has 0 aromatic heterocycles. The highest BCUT2D eigenvalue weighted by Crippen LogP contribution is 2.51. The van der Waals surface area contributed by atoms with E-state index in [4.69, 9.17) is 4.74 Å². The van der Waals surface area contributed by atoms with Crippen LogP contribution in [-0.2, 0) is 4.74 Å². The number of hydrogen-bond donors (Lipinski definition) is 0. The fourth-order valence-electron chi connectivity index (χ4n) is 4.27. The Morgan fingerprint density at radius 2 is 1.68 bits per heavy atom. The van der Waals surface area contributed by atoms with Crippen molar-refractivity contribution < 1.29 is 4.74 Å². The monoisotopic (exact) mass is 455 g/mol. The first-order valence-electron chi connectivity index (χ1n) is 9.99. The summed E-state index contributed by atoms with van der Waals surface area (Å²) in [5.74, 6) is 0. The summed E-state index contributed by atoms with van der Waals surface area (Å²) < 4.78 is 6.76. The zero-order valence-electron chi connectivity index (χ0n) is 16.4. The lowest BCUT2D eigenvalue weighted by Crippen LogP contribution is -2.34. The molecule has 1 fully saturated rings. The number of ether oxygens (including phenoxy) is 1. The molecule has 0 saturated carbocycles. The number of likely N-dealkylation sites (tertiary alicyclic amines) is 1. The van der Waals surface area contributed by atoms with Crippen LogP contribution in [0.1, 0.15) is 19.3 Å². The fraction of sp³-hybridized carbons (Fsp3) is 0.333. The second-order valence-corrected chi connectivity index (χ2v) is 10.5. The summed E-state index contributed by atoms with van der Waals surface area (Å²) in [5.41, 5.74) is 1.49. The van der Waals surface area contributed by atoms with Crippen molar-refractivity contribution in [3.63, 3.8) is 0 Å². The average Bonchev–Trinajstić information content (AvgIpc) is 3.32. The van der Waals surface area contributed by atoms with E-state index in [2.05, 4.69) is 87.6 Å². The molecule has 1 atom stereocenters. The smallest absolute Gasteiger partial charge is 0.0618 e. The van der Waals surface area contributed by atoms with Gasteiger partial charge in [0.05, 0.1) is 6.61 Å². The zero-order chi connectivity index (χ0) is 19.3. The van der Waals surface area contributed by atoms with Crippen molar-refractivity contribution in [3.05, 3.63) is 82.1 Å². The Balaban J connectivity index is 1.71. The molecule has 1 heterocycles. The van der Waals surface area contributed by atoms with Gasteiger partial charge in [-0.1, -0.05) is 82.7 Å². The van der Waals surface area contributed by atoms with Gasteiger partial charge in [0, 0.05) is 24.2 Å². The summed E-state index contributed by atoms with van der Waals surface area (Å²) in [4.78, 5) is 2.61. The molecular weight excluding hydrogens is 429 g/mol. The van der Waals surface area contributed by atoms with Gasteiger partial charge in [0.25, 0.3) is 0 Å². The van der Waals surface area contributed by atoms with Crippen LogP contribution in [0.4, 0.5) is 0 Å². The fourth-order valence-corrected chi connectivity index (χ4v) is 7.54. The van der Waals surface area contributed by atoms with Crippen LogP contribution in [-0.4, -0.2) is 37.7 Å². The summed E-state index contributed by atoms with van der Waals surface area (Å²) in [6.45, 7) is 3.01. The third-order valence-corrected chi connectivity index (χ3v) is 9.05. The number of benzene rings is 2. The predicted octanol–water partition coefficient (Wildman–Crippen LogP) is 5.17. The first-order valence-corrected chi connectivity index (χ1v) is 12.1. The molecule has 4 heteroatoms. The highest BCUT2D eigenvalue weighted by molar-refractivity contribution is 9.12. The van der Waals surface area contributed by atoms with Crippen molar-refractivity contribution in [2.75, 3.05) is 26.8 Å². The van der Waals surface area contributed by atoms with Gasteiger partial charge in [0.2, 0.25) is 0 Å². The van der Waals surface area contributed by atoms with Crippen molar-refractivity contribution >= 4 is 34.5 Å². The Bertz CT molecular complexity index is 810. The molecule has 28 heavy (non-hydrogen) atoms. The van der Waals surface area contributed by atoms with E-state index in [0.29, 0.717) is 6.04 Å². The van der Waals surface area contributed by atoms with Gasteiger partial charge in [-0.2, -0.15) is 0 Å². The van der Waals surface area contributed by atoms with Gasteiger partial charge in [-0.05, 0) is 55.2 Å². The van der Waals surface area contributed by atoms with E-state index in [1.807, 2.05) is 7.11 Å². The molecule has 4 rings (SSSR count). The molecule has 0 radical (unpaired) electrons. The maximum atomic E-state index is 5.48. The predicted molar refractivity (Wildman–Crippen MR) is 124 cm³/mol. The van der Waals surface area contributed by atoms with Crippen LogP contribution in [0.25, 0.3) is 0 Å². The molecule has 0 N–H and O–H groups in total. The van der Waals surface area contributed by atoms with Crippen molar-refractivity contribution in [1.82, 2.24) is 4.90 Å². The Labute approximate surface area is 178 Å². The highest BCUT2D eigenvalue weighted by atomic mass is 79.9. The number of allylic oxidation sites excluding steroid dienone is 2. The minimum Gasteiger partial charge on any atom is -0.383 e. The Hall–Kier alpha value is -1.25. The molecular formula is C24H27BrNOP. The first-order chi connectivity index (χ1) is 13.8. The highest BCUT2D eigenvalue weighted by Gasteiger charge is 2.30. The summed E-state index contributed by atoms with van der Waals surface area (Å²) in [6.07, 6.45) is 5.90. The van der Waals surface area contributed by atoms with Gasteiger partial charge < -0.3 is 4.74 Å². The van der Waals surface area contributed by atoms with Gasteiger partial charge in [0.1, 0.15) is 0 Å². The van der Waals surface area contributed by atoms with Crippen LogP contribution in [0.5, 0.6) is 0 Å². The molecule has 1 aliphatic heterocycles. The van der Waals surface area contributed by atoms with Crippen LogP contribution in [0.15, 0.2) is 82.1 Å². The molecule has 2 aromatic rings. The second-order valence-electron chi connectivity index (χ2n) is 7.41. The van der Waals surface area contributed by atoms with E-state index in [0.717, 1.165) is 19.6 Å². The maximum absolute atomic E-state index is 5.48. The van der Waals surface area contributed by atoms with E-state index >= 15 is 0 Å². The van der Waals surface area contributed by atoms with E-state index in [-0.39, 0.29) is 0 Å². The summed E-state index contributed by atoms with van der Waals surface area (Å²) >= 11 is 3.88. The third kappa shape index (κ3) is 4.33. The molecule has 2 aliphatic rings. The van der Waals surface area contributed by atoms with E-state index in [1.165, 1.54) is 40.1 Å². The van der Waals surface area contributed by atoms with E-state index in [9.17, 15) is 0 Å². The number of rotatable bonds is 7.